The van der Waals surface area contributed by atoms with Crippen LogP contribution < -0.4 is 5.32 Å². The molecule has 0 spiro atoms. The number of para-hydroxylation sites is 1. The van der Waals surface area contributed by atoms with E-state index in [9.17, 15) is 23.1 Å². The van der Waals surface area contributed by atoms with Crippen LogP contribution in [0, 0.1) is 5.92 Å². The van der Waals surface area contributed by atoms with E-state index in [1.54, 1.807) is 24.4 Å². The maximum atomic E-state index is 13.0. The Labute approximate surface area is 154 Å². The van der Waals surface area contributed by atoms with E-state index in [1.165, 1.54) is 23.1 Å². The third-order valence-electron chi connectivity index (χ3n) is 4.74. The highest BCUT2D eigenvalue weighted by molar-refractivity contribution is 5.90. The van der Waals surface area contributed by atoms with Gasteiger partial charge in [-0.15, -0.1) is 0 Å². The lowest BCUT2D eigenvalue weighted by Gasteiger charge is -2.34. The molecule has 1 saturated heterocycles. The summed E-state index contributed by atoms with van der Waals surface area (Å²) in [5, 5.41) is 12.8. The van der Waals surface area contributed by atoms with E-state index in [4.69, 9.17) is 0 Å². The molecule has 0 saturated carbocycles. The number of carbonyl (C=O) groups is 1. The van der Waals surface area contributed by atoms with Gasteiger partial charge in [-0.3, -0.25) is 4.98 Å². The van der Waals surface area contributed by atoms with E-state index in [0.29, 0.717) is 31.6 Å². The van der Waals surface area contributed by atoms with Crippen molar-refractivity contribution in [1.29, 1.82) is 0 Å². The highest BCUT2D eigenvalue weighted by Gasteiger charge is 2.34. The number of anilines is 1. The van der Waals surface area contributed by atoms with Gasteiger partial charge in [0.25, 0.3) is 0 Å². The van der Waals surface area contributed by atoms with Crippen molar-refractivity contribution in [2.24, 2.45) is 5.92 Å². The third-order valence-corrected chi connectivity index (χ3v) is 4.74. The minimum absolute atomic E-state index is 0.0496. The molecule has 2 aromatic rings. The second kappa shape index (κ2) is 7.96. The van der Waals surface area contributed by atoms with Gasteiger partial charge in [-0.25, -0.2) is 4.79 Å². The maximum Gasteiger partial charge on any atom is 0.418 e. The predicted molar refractivity (Wildman–Crippen MR) is 94.0 cm³/mol. The summed E-state index contributed by atoms with van der Waals surface area (Å²) in [4.78, 5) is 18.0. The lowest BCUT2D eigenvalue weighted by Crippen LogP contribution is -2.42. The molecule has 144 valence electrons. The van der Waals surface area contributed by atoms with Crippen LogP contribution in [0.3, 0.4) is 0 Å². The van der Waals surface area contributed by atoms with Crippen LogP contribution in [0.2, 0.25) is 0 Å². The Hall–Kier alpha value is -2.61. The Morgan fingerprint density at radius 1 is 1.15 bits per heavy atom. The summed E-state index contributed by atoms with van der Waals surface area (Å²) in [5.41, 5.74) is -0.552. The first kappa shape index (κ1) is 19.2. The Balaban J connectivity index is 1.60. The van der Waals surface area contributed by atoms with Crippen molar-refractivity contribution in [3.8, 4) is 0 Å². The van der Waals surface area contributed by atoms with E-state index < -0.39 is 23.9 Å². The van der Waals surface area contributed by atoms with E-state index in [-0.39, 0.29) is 11.6 Å². The van der Waals surface area contributed by atoms with Gasteiger partial charge in [-0.1, -0.05) is 18.2 Å². The number of carbonyl (C=O) groups excluding carboxylic acids is 1. The number of aliphatic hydroxyl groups excluding tert-OH is 1. The molecule has 1 fully saturated rings. The number of piperidine rings is 1. The van der Waals surface area contributed by atoms with E-state index >= 15 is 0 Å². The number of alkyl halides is 3. The van der Waals surface area contributed by atoms with Crippen LogP contribution in [-0.4, -0.2) is 34.1 Å². The SMILES string of the molecule is O=C(Nc1ccccc1C(F)(F)F)N1CCC(C(O)c2ccccn2)CC1. The van der Waals surface area contributed by atoms with Crippen molar-refractivity contribution in [3.05, 3.63) is 59.9 Å². The molecule has 3 rings (SSSR count). The molecule has 1 aliphatic rings. The van der Waals surface area contributed by atoms with E-state index in [1.807, 2.05) is 0 Å². The van der Waals surface area contributed by atoms with Crippen LogP contribution >= 0.6 is 0 Å². The molecule has 27 heavy (non-hydrogen) atoms. The number of hydrogen-bond donors (Lipinski definition) is 2. The fraction of sp³-hybridized carbons (Fsp3) is 0.368. The van der Waals surface area contributed by atoms with Gasteiger partial charge in [-0.05, 0) is 43.0 Å². The maximum absolute atomic E-state index is 13.0. The number of pyridine rings is 1. The summed E-state index contributed by atoms with van der Waals surface area (Å²) >= 11 is 0. The van der Waals surface area contributed by atoms with Crippen molar-refractivity contribution in [2.45, 2.75) is 25.1 Å². The molecular weight excluding hydrogens is 359 g/mol. The zero-order valence-corrected chi connectivity index (χ0v) is 14.5. The first-order valence-electron chi connectivity index (χ1n) is 8.67. The van der Waals surface area contributed by atoms with Gasteiger partial charge in [-0.2, -0.15) is 13.2 Å². The smallest absolute Gasteiger partial charge is 0.387 e. The molecule has 1 aromatic heterocycles. The van der Waals surface area contributed by atoms with Gasteiger partial charge in [0.15, 0.2) is 0 Å². The summed E-state index contributed by atoms with van der Waals surface area (Å²) in [7, 11) is 0. The fourth-order valence-corrected chi connectivity index (χ4v) is 3.24. The number of nitrogens with zero attached hydrogens (tertiary/aromatic N) is 2. The van der Waals surface area contributed by atoms with Crippen molar-refractivity contribution >= 4 is 11.7 Å². The molecule has 8 heteroatoms. The lowest BCUT2D eigenvalue weighted by atomic mass is 9.89. The number of halogens is 3. The number of urea groups is 1. The standard InChI is InChI=1S/C19H20F3N3O2/c20-19(21,22)14-5-1-2-6-15(14)24-18(27)25-11-8-13(9-12-25)17(26)16-7-3-4-10-23-16/h1-7,10,13,17,26H,8-9,11-12H2,(H,24,27). The average molecular weight is 379 g/mol. The topological polar surface area (TPSA) is 65.5 Å². The third kappa shape index (κ3) is 4.57. The Bertz CT molecular complexity index is 775. The summed E-state index contributed by atoms with van der Waals surface area (Å²) in [6.07, 6.45) is -2.55. The minimum atomic E-state index is -4.54. The zero-order chi connectivity index (χ0) is 19.4. The summed E-state index contributed by atoms with van der Waals surface area (Å²) < 4.78 is 39.1. The average Bonchev–Trinajstić information content (AvgIpc) is 2.68. The molecule has 2 amide bonds. The highest BCUT2D eigenvalue weighted by atomic mass is 19.4. The first-order chi connectivity index (χ1) is 12.9. The second-order valence-electron chi connectivity index (χ2n) is 6.50. The molecular formula is C19H20F3N3O2. The lowest BCUT2D eigenvalue weighted by molar-refractivity contribution is -0.136. The first-order valence-corrected chi connectivity index (χ1v) is 8.67. The number of hydrogen-bond acceptors (Lipinski definition) is 3. The van der Waals surface area contributed by atoms with E-state index in [0.717, 1.165) is 6.07 Å². The zero-order valence-electron chi connectivity index (χ0n) is 14.5. The van der Waals surface area contributed by atoms with Crippen molar-refractivity contribution in [3.63, 3.8) is 0 Å². The number of amides is 2. The largest absolute Gasteiger partial charge is 0.418 e. The van der Waals surface area contributed by atoms with Crippen LogP contribution in [-0.2, 0) is 6.18 Å². The van der Waals surface area contributed by atoms with Gasteiger partial charge in [0.2, 0.25) is 0 Å². The second-order valence-corrected chi connectivity index (χ2v) is 6.50. The van der Waals surface area contributed by atoms with Gasteiger partial charge in [0, 0.05) is 19.3 Å². The van der Waals surface area contributed by atoms with E-state index in [2.05, 4.69) is 10.3 Å². The van der Waals surface area contributed by atoms with Crippen molar-refractivity contribution in [2.75, 3.05) is 18.4 Å². The molecule has 5 nitrogen and oxygen atoms in total. The monoisotopic (exact) mass is 379 g/mol. The molecule has 1 aliphatic heterocycles. The number of nitrogens with one attached hydrogen (secondary N) is 1. The molecule has 0 aliphatic carbocycles. The Morgan fingerprint density at radius 2 is 1.81 bits per heavy atom. The molecule has 1 aromatic carbocycles. The molecule has 2 N–H and O–H groups in total. The number of benzene rings is 1. The van der Waals surface area contributed by atoms with Crippen molar-refractivity contribution < 1.29 is 23.1 Å². The highest BCUT2D eigenvalue weighted by Crippen LogP contribution is 2.35. The predicted octanol–water partition coefficient (Wildman–Crippen LogP) is 4.08. The van der Waals surface area contributed by atoms with Gasteiger partial charge in [0.05, 0.1) is 23.0 Å². The fourth-order valence-electron chi connectivity index (χ4n) is 3.24. The van der Waals surface area contributed by atoms with Crippen LogP contribution in [0.5, 0.6) is 0 Å². The van der Waals surface area contributed by atoms with Crippen molar-refractivity contribution in [1.82, 2.24) is 9.88 Å². The number of likely N-dealkylation sites (tertiary alicyclic amines) is 1. The van der Waals surface area contributed by atoms with Crippen LogP contribution in [0.15, 0.2) is 48.7 Å². The molecule has 2 heterocycles. The summed E-state index contributed by atoms with van der Waals surface area (Å²) in [5.74, 6) is -0.0496. The molecule has 0 radical (unpaired) electrons. The number of rotatable bonds is 3. The van der Waals surface area contributed by atoms with Crippen LogP contribution in [0.4, 0.5) is 23.7 Å². The molecule has 1 unspecified atom stereocenters. The van der Waals surface area contributed by atoms with Crippen LogP contribution in [0.1, 0.15) is 30.2 Å². The summed E-state index contributed by atoms with van der Waals surface area (Å²) in [6.45, 7) is 0.711. The number of aliphatic hydroxyl groups is 1. The Morgan fingerprint density at radius 3 is 2.44 bits per heavy atom. The van der Waals surface area contributed by atoms with Gasteiger partial charge < -0.3 is 15.3 Å². The van der Waals surface area contributed by atoms with Crippen LogP contribution in [0.25, 0.3) is 0 Å². The Kier molecular flexibility index (Phi) is 5.65. The number of aromatic nitrogens is 1. The quantitative estimate of drug-likeness (QED) is 0.845. The van der Waals surface area contributed by atoms with Gasteiger partial charge in [0.1, 0.15) is 0 Å². The van der Waals surface area contributed by atoms with Gasteiger partial charge >= 0.3 is 12.2 Å². The summed E-state index contributed by atoms with van der Waals surface area (Å²) in [6, 6.07) is 9.64. The molecule has 0 bridgehead atoms. The minimum Gasteiger partial charge on any atom is -0.387 e. The molecule has 1 atom stereocenters. The normalized spacial score (nSPS) is 16.8.